The highest BCUT2D eigenvalue weighted by Gasteiger charge is 2.59. The third-order valence-corrected chi connectivity index (χ3v) is 6.99. The predicted molar refractivity (Wildman–Crippen MR) is 98.1 cm³/mol. The molecule has 4 N–H and O–H groups in total. The molecule has 8 nitrogen and oxygen atoms in total. The molecule has 2 saturated heterocycles. The first-order valence-electron chi connectivity index (χ1n) is 8.82. The molecule has 0 spiro atoms. The highest BCUT2D eigenvalue weighted by Crippen LogP contribution is 2.51. The Morgan fingerprint density at radius 3 is 2.62 bits per heavy atom. The quantitative estimate of drug-likeness (QED) is 0.557. The first-order valence-corrected chi connectivity index (χ1v) is 9.70. The van der Waals surface area contributed by atoms with Crippen LogP contribution in [0.25, 0.3) is 0 Å². The number of hydrogen-bond acceptors (Lipinski definition) is 6. The summed E-state index contributed by atoms with van der Waals surface area (Å²) in [5.41, 5.74) is 6.04. The second-order valence-corrected chi connectivity index (χ2v) is 8.90. The summed E-state index contributed by atoms with van der Waals surface area (Å²) in [6, 6.07) is -0.728. The lowest BCUT2D eigenvalue weighted by molar-refractivity contribution is -0.157. The molecular formula is C17H26N4O4S. The highest BCUT2D eigenvalue weighted by atomic mass is 32.2. The number of fused-ring (bicyclic) bond motifs is 1. The molecule has 0 aliphatic carbocycles. The van der Waals surface area contributed by atoms with Crippen molar-refractivity contribution in [1.29, 1.82) is 0 Å². The highest BCUT2D eigenvalue weighted by molar-refractivity contribution is 8.03. The fraction of sp³-hybridized carbons (Fsp3) is 0.706. The number of hydrogen-bond donors (Lipinski definition) is 3. The van der Waals surface area contributed by atoms with Gasteiger partial charge in [0.15, 0.2) is 0 Å². The number of aliphatic carboxylic acids is 1. The minimum absolute atomic E-state index is 0.0241. The number of carboxylic acids is 1. The molecule has 0 bridgehead atoms. The number of thioether (sulfide) groups is 1. The zero-order chi connectivity index (χ0) is 19.3. The fourth-order valence-corrected chi connectivity index (χ4v) is 5.67. The number of β-lactam (4-membered cyclic amide) rings is 1. The van der Waals surface area contributed by atoms with Crippen LogP contribution in [0.2, 0.25) is 0 Å². The van der Waals surface area contributed by atoms with E-state index in [9.17, 15) is 19.5 Å². The summed E-state index contributed by atoms with van der Waals surface area (Å²) >= 11 is 1.49. The van der Waals surface area contributed by atoms with Crippen molar-refractivity contribution in [3.05, 3.63) is 10.6 Å². The average Bonchev–Trinajstić information content (AvgIpc) is 3.09. The van der Waals surface area contributed by atoms with E-state index in [2.05, 4.69) is 5.32 Å². The Hall–Kier alpha value is -1.58. The van der Waals surface area contributed by atoms with Crippen LogP contribution in [0.15, 0.2) is 10.6 Å². The van der Waals surface area contributed by atoms with Crippen LogP contribution in [-0.4, -0.2) is 76.7 Å². The normalized spacial score (nSPS) is 34.6. The number of likely N-dealkylation sites (N-methyl/N-ethyl adjacent to an activating group) is 1. The van der Waals surface area contributed by atoms with Gasteiger partial charge in [0.2, 0.25) is 11.8 Å². The SMILES string of the molecule is C[C@H](N)[C@H]1C(=O)N2C(C(=O)O)=C(S[C@@H]3CN[C@H](C(=O)N(C)C)C3)[C@H](C)[C@H]12. The van der Waals surface area contributed by atoms with Crippen LogP contribution in [0, 0.1) is 11.8 Å². The minimum atomic E-state index is -1.08. The van der Waals surface area contributed by atoms with Gasteiger partial charge in [-0.05, 0) is 13.3 Å². The second-order valence-electron chi connectivity index (χ2n) is 7.56. The fourth-order valence-electron chi connectivity index (χ4n) is 4.20. The number of carbonyl (C=O) groups is 3. The van der Waals surface area contributed by atoms with Crippen molar-refractivity contribution in [2.45, 2.75) is 43.6 Å². The number of nitrogens with one attached hydrogen (secondary N) is 1. The molecule has 0 saturated carbocycles. The van der Waals surface area contributed by atoms with Gasteiger partial charge >= 0.3 is 5.97 Å². The van der Waals surface area contributed by atoms with Gasteiger partial charge in [-0.3, -0.25) is 9.59 Å². The van der Waals surface area contributed by atoms with Crippen LogP contribution in [-0.2, 0) is 14.4 Å². The summed E-state index contributed by atoms with van der Waals surface area (Å²) < 4.78 is 0. The Kier molecular flexibility index (Phi) is 5.06. The predicted octanol–water partition coefficient (Wildman–Crippen LogP) is -0.342. The third kappa shape index (κ3) is 2.91. The summed E-state index contributed by atoms with van der Waals surface area (Å²) in [7, 11) is 3.44. The Morgan fingerprint density at radius 1 is 1.42 bits per heavy atom. The largest absolute Gasteiger partial charge is 0.477 e. The van der Waals surface area contributed by atoms with E-state index in [-0.39, 0.29) is 52.7 Å². The topological polar surface area (TPSA) is 116 Å². The Balaban J connectivity index is 1.78. The molecule has 6 atom stereocenters. The van der Waals surface area contributed by atoms with Crippen LogP contribution in [0.4, 0.5) is 0 Å². The molecule has 3 aliphatic heterocycles. The molecule has 3 aliphatic rings. The first-order chi connectivity index (χ1) is 12.1. The number of amides is 2. The van der Waals surface area contributed by atoms with E-state index in [1.807, 2.05) is 6.92 Å². The van der Waals surface area contributed by atoms with Crippen LogP contribution < -0.4 is 11.1 Å². The number of nitrogens with two attached hydrogens (primary N) is 1. The minimum Gasteiger partial charge on any atom is -0.477 e. The molecule has 3 rings (SSSR count). The van der Waals surface area contributed by atoms with Crippen molar-refractivity contribution in [3.63, 3.8) is 0 Å². The van der Waals surface area contributed by atoms with E-state index < -0.39 is 5.97 Å². The molecule has 26 heavy (non-hydrogen) atoms. The molecule has 144 valence electrons. The molecule has 0 radical (unpaired) electrons. The summed E-state index contributed by atoms with van der Waals surface area (Å²) in [5.74, 6) is -1.65. The summed E-state index contributed by atoms with van der Waals surface area (Å²) in [5, 5.41) is 13.0. The van der Waals surface area contributed by atoms with Gasteiger partial charge in [0.1, 0.15) is 5.70 Å². The zero-order valence-electron chi connectivity index (χ0n) is 15.4. The number of carbonyl (C=O) groups excluding carboxylic acids is 2. The van der Waals surface area contributed by atoms with E-state index in [0.717, 1.165) is 4.91 Å². The van der Waals surface area contributed by atoms with E-state index in [1.54, 1.807) is 25.9 Å². The molecule has 3 heterocycles. The third-order valence-electron chi connectivity index (χ3n) is 5.48. The number of rotatable bonds is 5. The van der Waals surface area contributed by atoms with Gasteiger partial charge < -0.3 is 26.0 Å². The maximum absolute atomic E-state index is 12.4. The molecule has 9 heteroatoms. The van der Waals surface area contributed by atoms with Crippen molar-refractivity contribution < 1.29 is 19.5 Å². The van der Waals surface area contributed by atoms with E-state index in [1.165, 1.54) is 16.7 Å². The molecule has 2 fully saturated rings. The molecular weight excluding hydrogens is 356 g/mol. The lowest BCUT2D eigenvalue weighted by atomic mass is 9.78. The van der Waals surface area contributed by atoms with Crippen molar-refractivity contribution in [3.8, 4) is 0 Å². The summed E-state index contributed by atoms with van der Waals surface area (Å²) in [4.78, 5) is 40.1. The van der Waals surface area contributed by atoms with E-state index in [0.29, 0.717) is 13.0 Å². The summed E-state index contributed by atoms with van der Waals surface area (Å²) in [6.07, 6.45) is 0.639. The van der Waals surface area contributed by atoms with Crippen molar-refractivity contribution in [2.24, 2.45) is 17.6 Å². The van der Waals surface area contributed by atoms with Gasteiger partial charge in [0.25, 0.3) is 0 Å². The van der Waals surface area contributed by atoms with E-state index in [4.69, 9.17) is 5.73 Å². The Morgan fingerprint density at radius 2 is 2.08 bits per heavy atom. The lowest BCUT2D eigenvalue weighted by Gasteiger charge is -2.46. The molecule has 0 aromatic rings. The first kappa shape index (κ1) is 19.2. The van der Waals surface area contributed by atoms with Crippen LogP contribution >= 0.6 is 11.8 Å². The standard InChI is InChI=1S/C17H26N4O4S/c1-7-12-11(8(2)18)16(23)21(12)13(17(24)25)14(7)26-9-5-10(19-6-9)15(22)20(3)4/h7-12,19H,5-6,18H2,1-4H3,(H,24,25)/t7-,8+,9+,10+,11-,12-/m1/s1. The van der Waals surface area contributed by atoms with Crippen molar-refractivity contribution in [1.82, 2.24) is 15.1 Å². The maximum Gasteiger partial charge on any atom is 0.353 e. The van der Waals surface area contributed by atoms with Gasteiger partial charge in [-0.1, -0.05) is 6.92 Å². The Labute approximate surface area is 157 Å². The van der Waals surface area contributed by atoms with E-state index >= 15 is 0 Å². The van der Waals surface area contributed by atoms with Gasteiger partial charge in [0.05, 0.1) is 18.0 Å². The zero-order valence-corrected chi connectivity index (χ0v) is 16.2. The van der Waals surface area contributed by atoms with Crippen molar-refractivity contribution >= 4 is 29.5 Å². The molecule has 0 unspecified atom stereocenters. The van der Waals surface area contributed by atoms with Crippen LogP contribution in [0.1, 0.15) is 20.3 Å². The Bertz CT molecular complexity index is 678. The smallest absolute Gasteiger partial charge is 0.353 e. The van der Waals surface area contributed by atoms with Crippen molar-refractivity contribution in [2.75, 3.05) is 20.6 Å². The van der Waals surface area contributed by atoms with Gasteiger partial charge in [-0.25, -0.2) is 4.79 Å². The van der Waals surface area contributed by atoms with Gasteiger partial charge in [0, 0.05) is 42.8 Å². The average molecular weight is 382 g/mol. The molecule has 2 amide bonds. The molecule has 0 aromatic heterocycles. The van der Waals surface area contributed by atoms with Crippen LogP contribution in [0.3, 0.4) is 0 Å². The lowest BCUT2D eigenvalue weighted by Crippen LogP contribution is -2.65. The second kappa shape index (κ2) is 6.86. The number of nitrogens with zero attached hydrogens (tertiary/aromatic N) is 2. The summed E-state index contributed by atoms with van der Waals surface area (Å²) in [6.45, 7) is 4.38. The van der Waals surface area contributed by atoms with Gasteiger partial charge in [-0.2, -0.15) is 0 Å². The monoisotopic (exact) mass is 382 g/mol. The number of carboxylic acid groups (broad SMARTS) is 1. The maximum atomic E-state index is 12.4. The van der Waals surface area contributed by atoms with Crippen LogP contribution in [0.5, 0.6) is 0 Å². The molecule has 0 aromatic carbocycles. The van der Waals surface area contributed by atoms with Gasteiger partial charge in [-0.15, -0.1) is 11.8 Å².